The Morgan fingerprint density at radius 1 is 1.20 bits per heavy atom. The Balaban J connectivity index is 2.53. The van der Waals surface area contributed by atoms with Crippen LogP contribution in [-0.4, -0.2) is 47.3 Å². The zero-order valence-electron chi connectivity index (χ0n) is 10.3. The molecule has 110 valence electrons. The summed E-state index contributed by atoms with van der Waals surface area (Å²) in [5, 5.41) is 27.2. The first-order chi connectivity index (χ1) is 9.32. The Labute approximate surface area is 111 Å². The lowest BCUT2D eigenvalue weighted by Crippen LogP contribution is -2.43. The fraction of sp³-hybridized carbons (Fsp3) is 0.600. The van der Waals surface area contributed by atoms with Gasteiger partial charge in [-0.05, 0) is 0 Å². The van der Waals surface area contributed by atoms with Crippen LogP contribution in [0.2, 0.25) is 0 Å². The molecule has 10 nitrogen and oxygen atoms in total. The van der Waals surface area contributed by atoms with Crippen molar-refractivity contribution in [2.24, 2.45) is 0 Å². The molecule has 0 spiro atoms. The van der Waals surface area contributed by atoms with Crippen LogP contribution in [-0.2, 0) is 22.7 Å². The normalized spacial score (nSPS) is 21.4. The van der Waals surface area contributed by atoms with Gasteiger partial charge in [0.2, 0.25) is 0 Å². The smallest absolute Gasteiger partial charge is 0.347 e. The molecule has 20 heavy (non-hydrogen) atoms. The Hall–Kier alpha value is -2.36. The summed E-state index contributed by atoms with van der Waals surface area (Å²) in [4.78, 5) is 45.6. The first kappa shape index (κ1) is 14.1. The average molecular weight is 287 g/mol. The molecule has 2 rings (SSSR count). The minimum absolute atomic E-state index is 0.183. The Morgan fingerprint density at radius 2 is 1.85 bits per heavy atom. The zero-order chi connectivity index (χ0) is 15.0. The molecule has 0 aromatic carbocycles. The summed E-state index contributed by atoms with van der Waals surface area (Å²) in [6.45, 7) is -0.541. The lowest BCUT2D eigenvalue weighted by atomic mass is 10.1. The SMILES string of the molecule is O=C(O)CCn1c(=O)n2n(c1=O)C(C(=O)O)CC(O)C2. The van der Waals surface area contributed by atoms with Gasteiger partial charge in [0.05, 0.1) is 19.1 Å². The predicted molar refractivity (Wildman–Crippen MR) is 62.5 cm³/mol. The lowest BCUT2D eigenvalue weighted by molar-refractivity contribution is -0.144. The number of rotatable bonds is 4. The number of aromatic nitrogens is 3. The molecule has 10 heteroatoms. The summed E-state index contributed by atoms with van der Waals surface area (Å²) < 4.78 is 2.28. The number of aliphatic hydroxyl groups excluding tert-OH is 1. The summed E-state index contributed by atoms with van der Waals surface area (Å²) in [5.41, 5.74) is -1.70. The Bertz CT molecular complexity index is 667. The third-order valence-corrected chi connectivity index (χ3v) is 3.15. The second-order valence-electron chi connectivity index (χ2n) is 4.53. The van der Waals surface area contributed by atoms with Crippen LogP contribution in [0.5, 0.6) is 0 Å². The molecule has 2 atom stereocenters. The van der Waals surface area contributed by atoms with E-state index in [1.165, 1.54) is 0 Å². The van der Waals surface area contributed by atoms with Crippen molar-refractivity contribution < 1.29 is 24.9 Å². The molecule has 0 saturated carbocycles. The molecule has 0 radical (unpaired) electrons. The molecule has 1 aromatic rings. The topological polar surface area (TPSA) is 144 Å². The summed E-state index contributed by atoms with van der Waals surface area (Å²) in [7, 11) is 0. The van der Waals surface area contributed by atoms with Crippen LogP contribution >= 0.6 is 0 Å². The van der Waals surface area contributed by atoms with E-state index in [2.05, 4.69) is 0 Å². The van der Waals surface area contributed by atoms with Crippen LogP contribution < -0.4 is 11.4 Å². The van der Waals surface area contributed by atoms with Crippen molar-refractivity contribution in [3.8, 4) is 0 Å². The summed E-state index contributed by atoms with van der Waals surface area (Å²) >= 11 is 0. The Kier molecular flexibility index (Phi) is 3.49. The maximum Gasteiger partial charge on any atom is 0.347 e. The molecule has 2 unspecified atom stereocenters. The second-order valence-corrected chi connectivity index (χ2v) is 4.53. The zero-order valence-corrected chi connectivity index (χ0v) is 10.3. The van der Waals surface area contributed by atoms with Crippen molar-refractivity contribution in [3.63, 3.8) is 0 Å². The number of aliphatic carboxylic acids is 2. The highest BCUT2D eigenvalue weighted by molar-refractivity contribution is 5.71. The molecule has 1 aliphatic rings. The molecular formula is C10H13N3O7. The van der Waals surface area contributed by atoms with Gasteiger partial charge in [-0.3, -0.25) is 4.79 Å². The van der Waals surface area contributed by atoms with Gasteiger partial charge >= 0.3 is 23.3 Å². The maximum absolute atomic E-state index is 12.0. The Morgan fingerprint density at radius 3 is 2.40 bits per heavy atom. The van der Waals surface area contributed by atoms with Crippen molar-refractivity contribution in [2.45, 2.75) is 38.1 Å². The molecule has 1 aromatic heterocycles. The highest BCUT2D eigenvalue weighted by Gasteiger charge is 2.34. The van der Waals surface area contributed by atoms with Gasteiger partial charge in [0, 0.05) is 13.0 Å². The quantitative estimate of drug-likeness (QED) is 0.563. The van der Waals surface area contributed by atoms with E-state index in [1.807, 2.05) is 0 Å². The van der Waals surface area contributed by atoms with E-state index in [1.54, 1.807) is 0 Å². The van der Waals surface area contributed by atoms with Crippen molar-refractivity contribution in [1.29, 1.82) is 0 Å². The van der Waals surface area contributed by atoms with Gasteiger partial charge in [-0.1, -0.05) is 0 Å². The number of carboxylic acid groups (broad SMARTS) is 2. The van der Waals surface area contributed by atoms with Crippen LogP contribution in [0.4, 0.5) is 0 Å². The summed E-state index contributed by atoms with van der Waals surface area (Å²) in [6.07, 6.45) is -1.67. The maximum atomic E-state index is 12.0. The summed E-state index contributed by atoms with van der Waals surface area (Å²) in [6, 6.07) is -1.34. The standard InChI is InChI=1S/C10H13N3O7/c14-5-3-6(8(17)18)13-10(20)11(2-1-7(15)16)9(19)12(13)4-5/h5-6,14H,1-4H2,(H,15,16)(H,17,18). The van der Waals surface area contributed by atoms with Crippen molar-refractivity contribution in [3.05, 3.63) is 21.0 Å². The molecular weight excluding hydrogens is 274 g/mol. The van der Waals surface area contributed by atoms with Crippen molar-refractivity contribution in [2.75, 3.05) is 0 Å². The fourth-order valence-electron chi connectivity index (χ4n) is 2.24. The van der Waals surface area contributed by atoms with E-state index >= 15 is 0 Å². The van der Waals surface area contributed by atoms with Crippen LogP contribution in [0.1, 0.15) is 18.9 Å². The minimum atomic E-state index is -1.34. The van der Waals surface area contributed by atoms with Crippen LogP contribution in [0, 0.1) is 0 Å². The number of hydrogen-bond donors (Lipinski definition) is 3. The molecule has 0 amide bonds. The molecule has 2 heterocycles. The van der Waals surface area contributed by atoms with E-state index in [4.69, 9.17) is 10.2 Å². The van der Waals surface area contributed by atoms with E-state index in [9.17, 15) is 24.3 Å². The average Bonchev–Trinajstić information content (AvgIpc) is 2.58. The van der Waals surface area contributed by atoms with Gasteiger partial charge in [-0.15, -0.1) is 0 Å². The van der Waals surface area contributed by atoms with Crippen LogP contribution in [0.15, 0.2) is 9.59 Å². The van der Waals surface area contributed by atoms with Crippen LogP contribution in [0.25, 0.3) is 0 Å². The highest BCUT2D eigenvalue weighted by Crippen LogP contribution is 2.17. The van der Waals surface area contributed by atoms with E-state index in [-0.39, 0.29) is 19.5 Å². The molecule has 0 aliphatic carbocycles. The van der Waals surface area contributed by atoms with Gasteiger partial charge in [0.25, 0.3) is 0 Å². The largest absolute Gasteiger partial charge is 0.481 e. The molecule has 0 bridgehead atoms. The van der Waals surface area contributed by atoms with Gasteiger partial charge in [-0.25, -0.2) is 28.3 Å². The number of nitrogens with zero attached hydrogens (tertiary/aromatic N) is 3. The van der Waals surface area contributed by atoms with E-state index in [0.717, 1.165) is 9.36 Å². The van der Waals surface area contributed by atoms with Crippen molar-refractivity contribution in [1.82, 2.24) is 13.9 Å². The number of fused-ring (bicyclic) bond motifs is 1. The third-order valence-electron chi connectivity index (χ3n) is 3.15. The summed E-state index contributed by atoms with van der Waals surface area (Å²) in [5.74, 6) is -2.52. The molecule has 0 fully saturated rings. The second kappa shape index (κ2) is 4.96. The van der Waals surface area contributed by atoms with Crippen LogP contribution in [0.3, 0.4) is 0 Å². The molecule has 3 N–H and O–H groups in total. The number of hydrogen-bond acceptors (Lipinski definition) is 5. The monoisotopic (exact) mass is 287 g/mol. The number of carboxylic acids is 2. The number of aliphatic hydroxyl groups is 1. The van der Waals surface area contributed by atoms with Gasteiger partial charge < -0.3 is 15.3 Å². The van der Waals surface area contributed by atoms with E-state index < -0.39 is 41.9 Å². The van der Waals surface area contributed by atoms with Crippen molar-refractivity contribution >= 4 is 11.9 Å². The molecule has 0 saturated heterocycles. The van der Waals surface area contributed by atoms with E-state index in [0.29, 0.717) is 4.57 Å². The molecule has 1 aliphatic heterocycles. The first-order valence-electron chi connectivity index (χ1n) is 5.87. The highest BCUT2D eigenvalue weighted by atomic mass is 16.4. The van der Waals surface area contributed by atoms with Gasteiger partial charge in [-0.2, -0.15) is 0 Å². The third kappa shape index (κ3) is 2.25. The van der Waals surface area contributed by atoms with Gasteiger partial charge in [0.1, 0.15) is 0 Å². The predicted octanol–water partition coefficient (Wildman–Crippen LogP) is -2.32. The fourth-order valence-corrected chi connectivity index (χ4v) is 2.24. The van der Waals surface area contributed by atoms with Gasteiger partial charge in [0.15, 0.2) is 6.04 Å². The first-order valence-corrected chi connectivity index (χ1v) is 5.87. The minimum Gasteiger partial charge on any atom is -0.481 e. The number of carbonyl (C=O) groups is 2. The lowest BCUT2D eigenvalue weighted by Gasteiger charge is -2.25.